The van der Waals surface area contributed by atoms with Crippen LogP contribution in [-0.4, -0.2) is 54.7 Å². The minimum absolute atomic E-state index is 0.0981. The Balaban J connectivity index is 1.77. The number of aromatic nitrogens is 4. The third-order valence-corrected chi connectivity index (χ3v) is 3.72. The van der Waals surface area contributed by atoms with Gasteiger partial charge < -0.3 is 10.0 Å². The van der Waals surface area contributed by atoms with Gasteiger partial charge in [0.2, 0.25) is 0 Å². The van der Waals surface area contributed by atoms with Gasteiger partial charge in [0.15, 0.2) is 0 Å². The molecule has 0 aliphatic carbocycles. The van der Waals surface area contributed by atoms with Gasteiger partial charge >= 0.3 is 5.97 Å². The van der Waals surface area contributed by atoms with Crippen LogP contribution in [0.5, 0.6) is 0 Å². The van der Waals surface area contributed by atoms with Crippen LogP contribution < -0.4 is 0 Å². The predicted octanol–water partition coefficient (Wildman–Crippen LogP) is 0.849. The molecule has 1 amide bonds. The number of rotatable bonds is 3. The topological polar surface area (TPSA) is 101 Å². The van der Waals surface area contributed by atoms with Gasteiger partial charge in [-0.25, -0.2) is 19.4 Å². The standard InChI is InChI=1S/C14H15N5O3/c20-13(10-3-4-16-12(6-10)14(21)22)18-5-1-2-11(7-18)19-9-15-8-17-19/h3-4,6,8-9,11H,1-2,5,7H2,(H,21,22). The molecular weight excluding hydrogens is 286 g/mol. The lowest BCUT2D eigenvalue weighted by atomic mass is 10.0. The van der Waals surface area contributed by atoms with E-state index in [0.29, 0.717) is 18.7 Å². The van der Waals surface area contributed by atoms with Crippen molar-refractivity contribution in [1.29, 1.82) is 0 Å². The summed E-state index contributed by atoms with van der Waals surface area (Å²) in [7, 11) is 0. The minimum Gasteiger partial charge on any atom is -0.477 e. The number of carbonyl (C=O) groups is 2. The number of hydrogen-bond donors (Lipinski definition) is 1. The second-order valence-corrected chi connectivity index (χ2v) is 5.16. The second-order valence-electron chi connectivity index (χ2n) is 5.16. The van der Waals surface area contributed by atoms with Crippen LogP contribution in [0.1, 0.15) is 39.7 Å². The Morgan fingerprint density at radius 1 is 1.36 bits per heavy atom. The van der Waals surface area contributed by atoms with Crippen molar-refractivity contribution in [3.05, 3.63) is 42.2 Å². The Morgan fingerprint density at radius 3 is 2.95 bits per heavy atom. The summed E-state index contributed by atoms with van der Waals surface area (Å²) in [6.07, 6.45) is 6.27. The fraction of sp³-hybridized carbons (Fsp3) is 0.357. The van der Waals surface area contributed by atoms with E-state index in [1.165, 1.54) is 24.7 Å². The Bertz CT molecular complexity index is 686. The summed E-state index contributed by atoms with van der Waals surface area (Å²) in [6.45, 7) is 1.18. The van der Waals surface area contributed by atoms with E-state index < -0.39 is 5.97 Å². The summed E-state index contributed by atoms with van der Waals surface area (Å²) in [5, 5.41) is 13.1. The van der Waals surface area contributed by atoms with E-state index in [4.69, 9.17) is 5.11 Å². The van der Waals surface area contributed by atoms with E-state index in [-0.39, 0.29) is 17.6 Å². The molecule has 0 spiro atoms. The highest BCUT2D eigenvalue weighted by Gasteiger charge is 2.26. The Morgan fingerprint density at radius 2 is 2.23 bits per heavy atom. The highest BCUT2D eigenvalue weighted by Crippen LogP contribution is 2.21. The number of amides is 1. The number of carbonyl (C=O) groups excluding carboxylic acids is 1. The molecule has 22 heavy (non-hydrogen) atoms. The van der Waals surface area contributed by atoms with Gasteiger partial charge in [0.1, 0.15) is 18.3 Å². The van der Waals surface area contributed by atoms with Crippen LogP contribution in [0, 0.1) is 0 Å². The molecule has 1 N–H and O–H groups in total. The van der Waals surface area contributed by atoms with E-state index in [9.17, 15) is 9.59 Å². The lowest BCUT2D eigenvalue weighted by Gasteiger charge is -2.32. The second kappa shape index (κ2) is 5.92. The van der Waals surface area contributed by atoms with Crippen molar-refractivity contribution in [3.8, 4) is 0 Å². The molecule has 2 aromatic heterocycles. The number of nitrogens with zero attached hydrogens (tertiary/aromatic N) is 5. The maximum Gasteiger partial charge on any atom is 0.354 e. The van der Waals surface area contributed by atoms with Gasteiger partial charge in [0.25, 0.3) is 5.91 Å². The van der Waals surface area contributed by atoms with Gasteiger partial charge in [-0.05, 0) is 25.0 Å². The van der Waals surface area contributed by atoms with Crippen LogP contribution >= 0.6 is 0 Å². The maximum atomic E-state index is 12.5. The highest BCUT2D eigenvalue weighted by molar-refractivity contribution is 5.96. The van der Waals surface area contributed by atoms with E-state index >= 15 is 0 Å². The third kappa shape index (κ3) is 2.80. The first kappa shape index (κ1) is 14.2. The van der Waals surface area contributed by atoms with Crippen LogP contribution in [0.4, 0.5) is 0 Å². The average molecular weight is 301 g/mol. The summed E-state index contributed by atoms with van der Waals surface area (Å²) >= 11 is 0. The van der Waals surface area contributed by atoms with Crippen LogP contribution in [0.25, 0.3) is 0 Å². The van der Waals surface area contributed by atoms with Crippen molar-refractivity contribution >= 4 is 11.9 Å². The zero-order valence-corrected chi connectivity index (χ0v) is 11.8. The molecule has 8 nitrogen and oxygen atoms in total. The Hall–Kier alpha value is -2.77. The van der Waals surface area contributed by atoms with Gasteiger partial charge in [0.05, 0.1) is 6.04 Å². The fourth-order valence-electron chi connectivity index (χ4n) is 2.62. The molecule has 0 radical (unpaired) electrons. The normalized spacial score (nSPS) is 18.2. The van der Waals surface area contributed by atoms with Crippen molar-refractivity contribution in [2.45, 2.75) is 18.9 Å². The van der Waals surface area contributed by atoms with Gasteiger partial charge in [-0.2, -0.15) is 5.10 Å². The molecule has 1 unspecified atom stereocenters. The summed E-state index contributed by atoms with van der Waals surface area (Å²) < 4.78 is 1.76. The van der Waals surface area contributed by atoms with Gasteiger partial charge in [0, 0.05) is 24.8 Å². The number of carboxylic acids is 1. The lowest BCUT2D eigenvalue weighted by molar-refractivity contribution is 0.0672. The smallest absolute Gasteiger partial charge is 0.354 e. The minimum atomic E-state index is -1.14. The van der Waals surface area contributed by atoms with E-state index in [1.54, 1.807) is 15.9 Å². The number of pyridine rings is 1. The number of piperidine rings is 1. The summed E-state index contributed by atoms with van der Waals surface area (Å²) in [6, 6.07) is 2.94. The van der Waals surface area contributed by atoms with Crippen molar-refractivity contribution in [2.24, 2.45) is 0 Å². The van der Waals surface area contributed by atoms with Crippen LogP contribution in [-0.2, 0) is 0 Å². The zero-order valence-electron chi connectivity index (χ0n) is 11.8. The first-order valence-corrected chi connectivity index (χ1v) is 6.98. The molecule has 0 saturated carbocycles. The first-order chi connectivity index (χ1) is 10.6. The third-order valence-electron chi connectivity index (χ3n) is 3.72. The molecule has 2 aromatic rings. The highest BCUT2D eigenvalue weighted by atomic mass is 16.4. The van der Waals surface area contributed by atoms with Crippen molar-refractivity contribution in [1.82, 2.24) is 24.6 Å². The fourth-order valence-corrected chi connectivity index (χ4v) is 2.62. The van der Waals surface area contributed by atoms with Crippen LogP contribution in [0.2, 0.25) is 0 Å². The number of hydrogen-bond acceptors (Lipinski definition) is 5. The molecular formula is C14H15N5O3. The lowest BCUT2D eigenvalue weighted by Crippen LogP contribution is -2.40. The van der Waals surface area contributed by atoms with E-state index in [0.717, 1.165) is 12.8 Å². The molecule has 0 bridgehead atoms. The summed E-state index contributed by atoms with van der Waals surface area (Å²) in [5.74, 6) is -1.33. The predicted molar refractivity (Wildman–Crippen MR) is 75.4 cm³/mol. The first-order valence-electron chi connectivity index (χ1n) is 6.98. The number of carboxylic acid groups (broad SMARTS) is 1. The van der Waals surface area contributed by atoms with Crippen LogP contribution in [0.15, 0.2) is 31.0 Å². The number of aromatic carboxylic acids is 1. The molecule has 1 fully saturated rings. The largest absolute Gasteiger partial charge is 0.477 e. The van der Waals surface area contributed by atoms with Crippen molar-refractivity contribution in [2.75, 3.05) is 13.1 Å². The monoisotopic (exact) mass is 301 g/mol. The SMILES string of the molecule is O=C(O)c1cc(C(=O)N2CCCC(n3cncn3)C2)ccn1. The molecule has 3 rings (SSSR count). The van der Waals surface area contributed by atoms with Gasteiger partial charge in [-0.15, -0.1) is 0 Å². The van der Waals surface area contributed by atoms with Crippen molar-refractivity contribution < 1.29 is 14.7 Å². The molecule has 1 aliphatic heterocycles. The Kier molecular flexibility index (Phi) is 3.82. The number of likely N-dealkylation sites (tertiary alicyclic amines) is 1. The maximum absolute atomic E-state index is 12.5. The molecule has 114 valence electrons. The molecule has 1 saturated heterocycles. The van der Waals surface area contributed by atoms with Crippen LogP contribution in [0.3, 0.4) is 0 Å². The van der Waals surface area contributed by atoms with Crippen molar-refractivity contribution in [3.63, 3.8) is 0 Å². The van der Waals surface area contributed by atoms with E-state index in [2.05, 4.69) is 15.1 Å². The summed E-state index contributed by atoms with van der Waals surface area (Å²) in [4.78, 5) is 32.9. The molecule has 0 aromatic carbocycles. The molecule has 1 atom stereocenters. The summed E-state index contributed by atoms with van der Waals surface area (Å²) in [5.41, 5.74) is 0.210. The Labute approximate surface area is 126 Å². The van der Waals surface area contributed by atoms with E-state index in [1.807, 2.05) is 0 Å². The molecule has 3 heterocycles. The van der Waals surface area contributed by atoms with Gasteiger partial charge in [-0.1, -0.05) is 0 Å². The van der Waals surface area contributed by atoms with Gasteiger partial charge in [-0.3, -0.25) is 4.79 Å². The molecule has 1 aliphatic rings. The quantitative estimate of drug-likeness (QED) is 0.901. The average Bonchev–Trinajstić information content (AvgIpc) is 3.09. The molecule has 8 heteroatoms. The zero-order chi connectivity index (χ0) is 15.5.